The van der Waals surface area contributed by atoms with Crippen LogP contribution >= 0.6 is 23.2 Å². The smallest absolute Gasteiger partial charge is 0.154 e. The SMILES string of the molecule is COCCOCC(C)(CO)Cc1nnc(-c2cccc(Cl)c2Cl)c(N)n1. The summed E-state index contributed by atoms with van der Waals surface area (Å²) in [6.45, 7) is 3.05. The van der Waals surface area contributed by atoms with Gasteiger partial charge < -0.3 is 20.3 Å². The Hall–Kier alpha value is -1.51. The molecule has 1 heterocycles. The minimum absolute atomic E-state index is 0.0921. The van der Waals surface area contributed by atoms with Crippen molar-refractivity contribution in [2.45, 2.75) is 13.3 Å². The summed E-state index contributed by atoms with van der Waals surface area (Å²) in [6, 6.07) is 5.17. The van der Waals surface area contributed by atoms with Crippen molar-refractivity contribution in [3.05, 3.63) is 34.1 Å². The van der Waals surface area contributed by atoms with E-state index in [1.54, 1.807) is 25.3 Å². The molecule has 1 atom stereocenters. The zero-order chi connectivity index (χ0) is 19.2. The lowest BCUT2D eigenvalue weighted by Crippen LogP contribution is -2.32. The van der Waals surface area contributed by atoms with Gasteiger partial charge in [-0.15, -0.1) is 10.2 Å². The molecular weight excluding hydrogens is 379 g/mol. The van der Waals surface area contributed by atoms with Crippen molar-refractivity contribution >= 4 is 29.0 Å². The number of rotatable bonds is 9. The number of nitrogens with zero attached hydrogens (tertiary/aromatic N) is 3. The number of nitrogen functional groups attached to an aromatic ring is 1. The Morgan fingerprint density at radius 1 is 1.23 bits per heavy atom. The second-order valence-electron chi connectivity index (χ2n) is 6.25. The first-order chi connectivity index (χ1) is 12.4. The van der Waals surface area contributed by atoms with Crippen molar-refractivity contribution in [2.24, 2.45) is 5.41 Å². The number of aromatic nitrogens is 3. The highest BCUT2D eigenvalue weighted by Crippen LogP contribution is 2.34. The monoisotopic (exact) mass is 400 g/mol. The molecule has 0 saturated carbocycles. The number of ether oxygens (including phenoxy) is 2. The second kappa shape index (κ2) is 9.43. The van der Waals surface area contributed by atoms with E-state index in [2.05, 4.69) is 15.2 Å². The predicted octanol–water partition coefficient (Wildman–Crippen LogP) is 2.63. The van der Waals surface area contributed by atoms with E-state index in [0.29, 0.717) is 53.4 Å². The third-order valence-electron chi connectivity index (χ3n) is 3.81. The average molecular weight is 401 g/mol. The van der Waals surface area contributed by atoms with E-state index in [1.807, 2.05) is 6.92 Å². The van der Waals surface area contributed by atoms with Gasteiger partial charge in [0, 0.05) is 24.5 Å². The van der Waals surface area contributed by atoms with Crippen LogP contribution < -0.4 is 5.73 Å². The number of hydrogen-bond donors (Lipinski definition) is 2. The lowest BCUT2D eigenvalue weighted by Gasteiger charge is -2.26. The third-order valence-corrected chi connectivity index (χ3v) is 4.63. The van der Waals surface area contributed by atoms with Gasteiger partial charge in [0.15, 0.2) is 11.6 Å². The molecule has 9 heteroatoms. The Balaban J connectivity index is 2.16. The summed E-state index contributed by atoms with van der Waals surface area (Å²) in [5.41, 5.74) is 6.42. The van der Waals surface area contributed by atoms with Gasteiger partial charge in [0.1, 0.15) is 5.69 Å². The van der Waals surface area contributed by atoms with Gasteiger partial charge in [-0.05, 0) is 6.07 Å². The molecule has 1 unspecified atom stereocenters. The predicted molar refractivity (Wildman–Crippen MR) is 101 cm³/mol. The van der Waals surface area contributed by atoms with Gasteiger partial charge in [-0.2, -0.15) is 0 Å². The van der Waals surface area contributed by atoms with Gasteiger partial charge in [0.25, 0.3) is 0 Å². The third kappa shape index (κ3) is 5.25. The van der Waals surface area contributed by atoms with Crippen LogP contribution in [-0.2, 0) is 15.9 Å². The summed E-state index contributed by atoms with van der Waals surface area (Å²) < 4.78 is 10.5. The Kier molecular flexibility index (Phi) is 7.55. The summed E-state index contributed by atoms with van der Waals surface area (Å²) >= 11 is 12.2. The molecule has 0 radical (unpaired) electrons. The minimum Gasteiger partial charge on any atom is -0.396 e. The van der Waals surface area contributed by atoms with Gasteiger partial charge in [0.05, 0.1) is 36.5 Å². The molecule has 0 bridgehead atoms. The molecule has 2 rings (SSSR count). The molecule has 0 spiro atoms. The number of aliphatic hydroxyl groups excluding tert-OH is 1. The highest BCUT2D eigenvalue weighted by atomic mass is 35.5. The zero-order valence-corrected chi connectivity index (χ0v) is 16.2. The molecule has 142 valence electrons. The highest BCUT2D eigenvalue weighted by Gasteiger charge is 2.27. The van der Waals surface area contributed by atoms with Gasteiger partial charge in [-0.3, -0.25) is 0 Å². The fraction of sp³-hybridized carbons (Fsp3) is 0.471. The van der Waals surface area contributed by atoms with Crippen LogP contribution in [0, 0.1) is 5.41 Å². The van der Waals surface area contributed by atoms with Gasteiger partial charge >= 0.3 is 0 Å². The van der Waals surface area contributed by atoms with Crippen molar-refractivity contribution in [3.8, 4) is 11.3 Å². The summed E-state index contributed by atoms with van der Waals surface area (Å²) in [6.07, 6.45) is 0.358. The van der Waals surface area contributed by atoms with Crippen LogP contribution in [0.4, 0.5) is 5.82 Å². The molecule has 0 aliphatic carbocycles. The van der Waals surface area contributed by atoms with Crippen molar-refractivity contribution < 1.29 is 14.6 Å². The molecule has 26 heavy (non-hydrogen) atoms. The van der Waals surface area contributed by atoms with Crippen LogP contribution in [0.15, 0.2) is 18.2 Å². The molecule has 2 aromatic rings. The van der Waals surface area contributed by atoms with E-state index in [9.17, 15) is 5.11 Å². The highest BCUT2D eigenvalue weighted by molar-refractivity contribution is 6.43. The van der Waals surface area contributed by atoms with Gasteiger partial charge in [-0.25, -0.2) is 4.98 Å². The molecule has 3 N–H and O–H groups in total. The standard InChI is InChI=1S/C17H22Cl2N4O3/c1-17(9-24,10-26-7-6-25-2)8-13-21-16(20)15(23-22-13)11-4-3-5-12(18)14(11)19/h3-5,24H,6-10H2,1-2H3,(H2,20,21,22). The minimum atomic E-state index is -0.558. The number of methoxy groups -OCH3 is 1. The first-order valence-electron chi connectivity index (χ1n) is 8.01. The van der Waals surface area contributed by atoms with E-state index in [0.717, 1.165) is 0 Å². The normalized spacial score (nSPS) is 13.6. The molecule has 7 nitrogen and oxygen atoms in total. The summed E-state index contributed by atoms with van der Waals surface area (Å²) in [7, 11) is 1.60. The first-order valence-corrected chi connectivity index (χ1v) is 8.77. The summed E-state index contributed by atoms with van der Waals surface area (Å²) in [5, 5.41) is 18.7. The maximum Gasteiger partial charge on any atom is 0.154 e. The number of anilines is 1. The number of aliphatic hydroxyl groups is 1. The van der Waals surface area contributed by atoms with E-state index in [-0.39, 0.29) is 12.4 Å². The van der Waals surface area contributed by atoms with Crippen molar-refractivity contribution in [3.63, 3.8) is 0 Å². The fourth-order valence-corrected chi connectivity index (χ4v) is 2.71. The summed E-state index contributed by atoms with van der Waals surface area (Å²) in [4.78, 5) is 4.31. The van der Waals surface area contributed by atoms with Gasteiger partial charge in [0.2, 0.25) is 0 Å². The molecular formula is C17H22Cl2N4O3. The molecule has 0 aliphatic rings. The average Bonchev–Trinajstić information content (AvgIpc) is 2.62. The van der Waals surface area contributed by atoms with Crippen LogP contribution in [0.1, 0.15) is 12.7 Å². The summed E-state index contributed by atoms with van der Waals surface area (Å²) in [5.74, 6) is 0.607. The van der Waals surface area contributed by atoms with Gasteiger partial charge in [-0.1, -0.05) is 42.3 Å². The number of nitrogens with two attached hydrogens (primary N) is 1. The van der Waals surface area contributed by atoms with E-state index >= 15 is 0 Å². The maximum absolute atomic E-state index is 9.72. The van der Waals surface area contributed by atoms with E-state index < -0.39 is 5.41 Å². The molecule has 0 aliphatic heterocycles. The van der Waals surface area contributed by atoms with Crippen LogP contribution in [-0.4, -0.2) is 53.8 Å². The van der Waals surface area contributed by atoms with Crippen LogP contribution in [0.5, 0.6) is 0 Å². The molecule has 1 aromatic heterocycles. The molecule has 0 fully saturated rings. The fourth-order valence-electron chi connectivity index (χ4n) is 2.32. The molecule has 0 amide bonds. The van der Waals surface area contributed by atoms with Crippen LogP contribution in [0.3, 0.4) is 0 Å². The molecule has 1 aromatic carbocycles. The Morgan fingerprint density at radius 2 is 2.00 bits per heavy atom. The Morgan fingerprint density at radius 3 is 2.65 bits per heavy atom. The van der Waals surface area contributed by atoms with Crippen molar-refractivity contribution in [1.82, 2.24) is 15.2 Å². The first kappa shape index (κ1) is 20.8. The van der Waals surface area contributed by atoms with E-state index in [1.165, 1.54) is 0 Å². The lowest BCUT2D eigenvalue weighted by atomic mass is 9.88. The topological polar surface area (TPSA) is 103 Å². The Bertz CT molecular complexity index is 748. The zero-order valence-electron chi connectivity index (χ0n) is 14.7. The van der Waals surface area contributed by atoms with Crippen molar-refractivity contribution in [1.29, 1.82) is 0 Å². The number of hydrogen-bond acceptors (Lipinski definition) is 7. The van der Waals surface area contributed by atoms with Crippen LogP contribution in [0.2, 0.25) is 10.0 Å². The number of benzene rings is 1. The lowest BCUT2D eigenvalue weighted by molar-refractivity contribution is -0.00308. The van der Waals surface area contributed by atoms with Crippen molar-refractivity contribution in [2.75, 3.05) is 39.3 Å². The molecule has 0 saturated heterocycles. The van der Waals surface area contributed by atoms with Crippen LogP contribution in [0.25, 0.3) is 11.3 Å². The second-order valence-corrected chi connectivity index (χ2v) is 7.04. The quantitative estimate of drug-likeness (QED) is 0.623. The Labute approximate surface area is 162 Å². The largest absolute Gasteiger partial charge is 0.396 e. The number of halogens is 2. The maximum atomic E-state index is 9.72. The van der Waals surface area contributed by atoms with E-state index in [4.69, 9.17) is 38.4 Å².